The minimum Gasteiger partial charge on any atom is -0.436 e. The van der Waals surface area contributed by atoms with Crippen molar-refractivity contribution in [3.8, 4) is 22.6 Å². The van der Waals surface area contributed by atoms with Gasteiger partial charge >= 0.3 is 0 Å². The zero-order chi connectivity index (χ0) is 57.1. The number of rotatable bonds is 14. The van der Waals surface area contributed by atoms with Gasteiger partial charge in [-0.15, -0.1) is 0 Å². The van der Waals surface area contributed by atoms with Gasteiger partial charge in [0.05, 0.1) is 0 Å². The highest BCUT2D eigenvalue weighted by atomic mass is 16.3. The summed E-state index contributed by atoms with van der Waals surface area (Å²) in [7, 11) is 0. The van der Waals surface area contributed by atoms with Crippen LogP contribution in [0, 0.1) is 0 Å². The fourth-order valence-electron chi connectivity index (χ4n) is 9.12. The molecular formula is C57H62N2O. The van der Waals surface area contributed by atoms with Gasteiger partial charge in [0.1, 0.15) is 5.52 Å². The lowest BCUT2D eigenvalue weighted by molar-refractivity contribution is 0.620. The standard InChI is InChI=1S/C57H62N2O/c1-10-41-42(11-2)44(13-4)54-49(18-9)56-47(16-7)52(45(14-5)46(15-6)55(56)48(17-8)53(54)43(41)12-3)36-28-32-39(33-29-36)59(38-24-20-19-21-25-38)40-34-30-37(31-35-40)57-58-50-26-22-23-27-51(50)60-57/h19-35H,10-18H2,1-9H3/i1D2,3D2,5D2,6D2,8D2,11D2,13D2,16D2,18D2. The summed E-state index contributed by atoms with van der Waals surface area (Å²) in [4.78, 5) is 6.66. The van der Waals surface area contributed by atoms with Gasteiger partial charge in [-0.1, -0.05) is 105 Å². The SMILES string of the molecule is [2H]C([2H])Cc1c(-c2ccc(N(c3ccccc3)c3ccc(-c4nc5ccccc5o4)cc3)cc2)c(C([2H])([2H])C)c2c(C([2H])([2H])C)c3c(C([2H])([2H])C)c(C([2H])([2H])C)c(CC([2H])[2H])c(CC([2H])[2H])c3c(CC([2H])[2H])c2c1CC([2H])[2H]. The lowest BCUT2D eigenvalue weighted by Crippen LogP contribution is -2.12. The second-order valence-corrected chi connectivity index (χ2v) is 14.5. The first kappa shape index (κ1) is 24.6. The number of hydrogen-bond acceptors (Lipinski definition) is 3. The highest BCUT2D eigenvalue weighted by Gasteiger charge is 2.28. The lowest BCUT2D eigenvalue weighted by Gasteiger charge is -2.30. The molecule has 8 rings (SSSR count). The maximum atomic E-state index is 9.83. The maximum Gasteiger partial charge on any atom is 0.227 e. The van der Waals surface area contributed by atoms with Crippen molar-refractivity contribution in [1.82, 2.24) is 4.98 Å². The summed E-state index contributed by atoms with van der Waals surface area (Å²) >= 11 is 0. The van der Waals surface area contributed by atoms with Gasteiger partial charge in [-0.3, -0.25) is 0 Å². The van der Waals surface area contributed by atoms with Gasteiger partial charge in [-0.2, -0.15) is 0 Å². The van der Waals surface area contributed by atoms with Crippen LogP contribution in [0.5, 0.6) is 0 Å². The van der Waals surface area contributed by atoms with Crippen molar-refractivity contribution >= 4 is 49.7 Å². The van der Waals surface area contributed by atoms with Crippen molar-refractivity contribution in [2.45, 2.75) is 120 Å². The van der Waals surface area contributed by atoms with Gasteiger partial charge in [-0.05, 0) is 201 Å². The summed E-state index contributed by atoms with van der Waals surface area (Å²) in [6.07, 6.45) is -12.4. The van der Waals surface area contributed by atoms with Crippen molar-refractivity contribution in [1.29, 1.82) is 0 Å². The molecule has 60 heavy (non-hydrogen) atoms. The molecule has 0 unspecified atom stereocenters. The molecule has 7 aromatic carbocycles. The molecule has 3 nitrogen and oxygen atoms in total. The molecule has 3 heteroatoms. The fraction of sp³-hybridized carbons (Fsp3) is 0.316. The van der Waals surface area contributed by atoms with Gasteiger partial charge in [0.15, 0.2) is 5.58 Å². The Bertz CT molecular complexity index is 3430. The lowest BCUT2D eigenvalue weighted by atomic mass is 9.74. The van der Waals surface area contributed by atoms with E-state index in [0.29, 0.717) is 22.7 Å². The molecule has 1 heterocycles. The van der Waals surface area contributed by atoms with Crippen LogP contribution >= 0.6 is 0 Å². The van der Waals surface area contributed by atoms with Crippen LogP contribution in [0.15, 0.2) is 108 Å². The predicted octanol–water partition coefficient (Wildman–Crippen LogP) is 16.0. The number of hydrogen-bond donors (Lipinski definition) is 0. The van der Waals surface area contributed by atoms with Crippen LogP contribution in [0.1, 0.15) is 137 Å². The summed E-state index contributed by atoms with van der Waals surface area (Å²) < 4.78 is 170. The summed E-state index contributed by atoms with van der Waals surface area (Å²) in [5.41, 5.74) is 3.95. The van der Waals surface area contributed by atoms with Crippen LogP contribution in [-0.4, -0.2) is 4.98 Å². The first-order valence-corrected chi connectivity index (χ1v) is 20.2. The van der Waals surface area contributed by atoms with Crippen LogP contribution in [0.4, 0.5) is 17.1 Å². The number of oxazole rings is 1. The Kier molecular flexibility index (Phi) is 7.16. The second kappa shape index (κ2) is 17.5. The first-order valence-electron chi connectivity index (χ1n) is 30.0. The van der Waals surface area contributed by atoms with Gasteiger partial charge in [-0.25, -0.2) is 4.98 Å². The molecule has 1 aromatic heterocycles. The number of nitrogens with zero attached hydrogens (tertiary/aromatic N) is 2. The third-order valence-corrected chi connectivity index (χ3v) is 11.7. The Morgan fingerprint density at radius 1 is 0.450 bits per heavy atom. The molecule has 8 aromatic rings. The van der Waals surface area contributed by atoms with Crippen LogP contribution < -0.4 is 4.90 Å². The molecule has 0 bridgehead atoms. The Morgan fingerprint density at radius 3 is 1.53 bits per heavy atom. The van der Waals surface area contributed by atoms with Gasteiger partial charge in [0.2, 0.25) is 5.89 Å². The summed E-state index contributed by atoms with van der Waals surface area (Å²) in [6, 6.07) is 31.8. The topological polar surface area (TPSA) is 29.3 Å². The molecule has 0 aliphatic rings. The number of para-hydroxylation sites is 3. The van der Waals surface area contributed by atoms with E-state index >= 15 is 0 Å². The van der Waals surface area contributed by atoms with E-state index in [0.717, 1.165) is 29.4 Å². The number of anilines is 3. The smallest absolute Gasteiger partial charge is 0.227 e. The highest BCUT2D eigenvalue weighted by Crippen LogP contribution is 2.48. The van der Waals surface area contributed by atoms with Crippen molar-refractivity contribution in [2.24, 2.45) is 0 Å². The molecule has 0 saturated heterocycles. The zero-order valence-corrected chi connectivity index (χ0v) is 34.5. The number of benzene rings is 7. The molecule has 0 saturated carbocycles. The molecule has 0 N–H and O–H groups in total. The molecule has 306 valence electrons. The summed E-state index contributed by atoms with van der Waals surface area (Å²) in [5, 5.41) is -0.362. The second-order valence-electron chi connectivity index (χ2n) is 14.5. The Morgan fingerprint density at radius 2 is 0.933 bits per heavy atom. The number of fused-ring (bicyclic) bond motifs is 3. The van der Waals surface area contributed by atoms with Crippen LogP contribution in [0.2, 0.25) is 0 Å². The van der Waals surface area contributed by atoms with Crippen LogP contribution in [0.3, 0.4) is 0 Å². The van der Waals surface area contributed by atoms with Crippen LogP contribution in [-0.2, 0) is 57.6 Å². The van der Waals surface area contributed by atoms with E-state index in [1.807, 2.05) is 95.9 Å². The zero-order valence-electron chi connectivity index (χ0n) is 52.5. The van der Waals surface area contributed by atoms with E-state index in [1.165, 1.54) is 20.8 Å². The molecule has 0 radical (unpaired) electrons. The first-order chi connectivity index (χ1) is 36.4. The number of aromatic nitrogens is 1. The highest BCUT2D eigenvalue weighted by molar-refractivity contribution is 6.13. The van der Waals surface area contributed by atoms with Crippen molar-refractivity contribution < 1.29 is 29.1 Å². The van der Waals surface area contributed by atoms with Crippen molar-refractivity contribution in [3.63, 3.8) is 0 Å². The van der Waals surface area contributed by atoms with E-state index in [1.54, 1.807) is 12.1 Å². The van der Waals surface area contributed by atoms with E-state index in [9.17, 15) is 11.0 Å². The van der Waals surface area contributed by atoms with E-state index < -0.39 is 92.0 Å². The van der Waals surface area contributed by atoms with Gasteiger partial charge in [0.25, 0.3) is 0 Å². The van der Waals surface area contributed by atoms with E-state index in [-0.39, 0.29) is 77.2 Å². The Labute approximate surface area is 383 Å². The Balaban J connectivity index is 1.56. The normalized spacial score (nSPS) is 17.3. The molecule has 0 aliphatic heterocycles. The molecule has 0 aliphatic carbocycles. The third-order valence-electron chi connectivity index (χ3n) is 11.7. The molecule has 0 fully saturated rings. The average Bonchev–Trinajstić information content (AvgIpc) is 1.91. The maximum absolute atomic E-state index is 9.83. The van der Waals surface area contributed by atoms with E-state index in [2.05, 4.69) is 4.98 Å². The Hall–Kier alpha value is -5.67. The largest absolute Gasteiger partial charge is 0.436 e. The third kappa shape index (κ3) is 6.71. The summed E-state index contributed by atoms with van der Waals surface area (Å²) in [6.45, 7) is -3.58. The number of aryl methyl sites for hydroxylation is 6. The molecule has 0 amide bonds. The van der Waals surface area contributed by atoms with Gasteiger partial charge in [0, 0.05) is 47.3 Å². The monoisotopic (exact) mass is 809 g/mol. The van der Waals surface area contributed by atoms with Crippen molar-refractivity contribution in [3.05, 3.63) is 153 Å². The minimum atomic E-state index is -2.58. The van der Waals surface area contributed by atoms with E-state index in [4.69, 9.17) is 18.1 Å². The van der Waals surface area contributed by atoms with Crippen LogP contribution in [0.25, 0.3) is 55.2 Å². The molecule has 0 atom stereocenters. The minimum absolute atomic E-state index is 0.0189. The molecular weight excluding hydrogens is 729 g/mol. The molecule has 0 spiro atoms. The predicted molar refractivity (Wildman–Crippen MR) is 259 cm³/mol. The summed E-state index contributed by atoms with van der Waals surface area (Å²) in [5.74, 6) is 0.446. The fourth-order valence-corrected chi connectivity index (χ4v) is 9.12. The van der Waals surface area contributed by atoms with Gasteiger partial charge < -0.3 is 9.32 Å². The average molecular weight is 809 g/mol. The quantitative estimate of drug-likeness (QED) is 0.102. The van der Waals surface area contributed by atoms with Crippen molar-refractivity contribution in [2.75, 3.05) is 4.90 Å².